The number of hydrogen-bond acceptors (Lipinski definition) is 3. The Kier molecular flexibility index (Phi) is 5.34. The Morgan fingerprint density at radius 2 is 1.96 bits per heavy atom. The number of H-pyrrole nitrogens is 1. The monoisotopic (exact) mass is 368 g/mol. The Bertz CT molecular complexity index is 952. The lowest BCUT2D eigenvalue weighted by Gasteiger charge is -2.07. The SMILES string of the molecule is NC(=O)c1cccc(CCNC(=O)c2cn[nH]c2-c2cccc(Cl)c2)c1. The summed E-state index contributed by atoms with van der Waals surface area (Å²) in [6.07, 6.45) is 2.07. The molecule has 2 aromatic carbocycles. The molecule has 0 fully saturated rings. The van der Waals surface area contributed by atoms with Crippen LogP contribution < -0.4 is 11.1 Å². The lowest BCUT2D eigenvalue weighted by molar-refractivity contribution is 0.0953. The molecule has 1 heterocycles. The van der Waals surface area contributed by atoms with Gasteiger partial charge >= 0.3 is 0 Å². The molecule has 0 aliphatic heterocycles. The van der Waals surface area contributed by atoms with Crippen molar-refractivity contribution >= 4 is 23.4 Å². The number of aromatic nitrogens is 2. The number of nitrogens with one attached hydrogen (secondary N) is 2. The zero-order valence-corrected chi connectivity index (χ0v) is 14.6. The Balaban J connectivity index is 1.66. The van der Waals surface area contributed by atoms with Gasteiger partial charge in [-0.3, -0.25) is 14.7 Å². The second-order valence-electron chi connectivity index (χ2n) is 5.74. The van der Waals surface area contributed by atoms with Gasteiger partial charge in [-0.25, -0.2) is 0 Å². The van der Waals surface area contributed by atoms with Gasteiger partial charge in [0.15, 0.2) is 0 Å². The molecular weight excluding hydrogens is 352 g/mol. The molecule has 3 aromatic rings. The van der Waals surface area contributed by atoms with Crippen LogP contribution in [0.25, 0.3) is 11.3 Å². The van der Waals surface area contributed by atoms with Gasteiger partial charge < -0.3 is 11.1 Å². The molecule has 7 heteroatoms. The summed E-state index contributed by atoms with van der Waals surface area (Å²) in [5.41, 5.74) is 8.49. The van der Waals surface area contributed by atoms with Gasteiger partial charge in [-0.1, -0.05) is 35.9 Å². The molecule has 4 N–H and O–H groups in total. The maximum Gasteiger partial charge on any atom is 0.255 e. The van der Waals surface area contributed by atoms with E-state index in [0.717, 1.165) is 11.1 Å². The van der Waals surface area contributed by atoms with E-state index >= 15 is 0 Å². The number of amides is 2. The van der Waals surface area contributed by atoms with Gasteiger partial charge in [0.25, 0.3) is 5.91 Å². The first-order chi connectivity index (χ1) is 12.5. The van der Waals surface area contributed by atoms with Crippen LogP contribution in [0.2, 0.25) is 5.02 Å². The number of primary amides is 1. The molecule has 1 aromatic heterocycles. The molecule has 0 saturated heterocycles. The van der Waals surface area contributed by atoms with Gasteiger partial charge in [-0.2, -0.15) is 5.10 Å². The third-order valence-corrected chi connectivity index (χ3v) is 4.14. The first kappa shape index (κ1) is 17.7. The van der Waals surface area contributed by atoms with Crippen molar-refractivity contribution in [2.75, 3.05) is 6.54 Å². The van der Waals surface area contributed by atoms with Crippen molar-refractivity contribution in [1.29, 1.82) is 0 Å². The number of rotatable bonds is 6. The maximum atomic E-state index is 12.5. The minimum Gasteiger partial charge on any atom is -0.366 e. The second kappa shape index (κ2) is 7.84. The summed E-state index contributed by atoms with van der Waals surface area (Å²) in [4.78, 5) is 23.7. The molecule has 0 unspecified atom stereocenters. The van der Waals surface area contributed by atoms with E-state index < -0.39 is 5.91 Å². The van der Waals surface area contributed by atoms with Crippen LogP contribution in [0, 0.1) is 0 Å². The predicted octanol–water partition coefficient (Wildman–Crippen LogP) is 2.80. The Labute approximate surface area is 155 Å². The Morgan fingerprint density at radius 1 is 1.15 bits per heavy atom. The van der Waals surface area contributed by atoms with Crippen LogP contribution >= 0.6 is 11.6 Å². The summed E-state index contributed by atoms with van der Waals surface area (Å²) in [5, 5.41) is 10.2. The highest BCUT2D eigenvalue weighted by atomic mass is 35.5. The summed E-state index contributed by atoms with van der Waals surface area (Å²) in [6.45, 7) is 0.418. The van der Waals surface area contributed by atoms with Crippen molar-refractivity contribution in [3.8, 4) is 11.3 Å². The molecule has 6 nitrogen and oxygen atoms in total. The summed E-state index contributed by atoms with van der Waals surface area (Å²) < 4.78 is 0. The normalized spacial score (nSPS) is 10.5. The topological polar surface area (TPSA) is 101 Å². The van der Waals surface area contributed by atoms with E-state index in [1.165, 1.54) is 6.20 Å². The average molecular weight is 369 g/mol. The summed E-state index contributed by atoms with van der Waals surface area (Å²) in [6, 6.07) is 14.2. The third kappa shape index (κ3) is 4.10. The molecule has 0 radical (unpaired) electrons. The molecule has 2 amide bonds. The Morgan fingerprint density at radius 3 is 2.73 bits per heavy atom. The summed E-state index contributed by atoms with van der Waals surface area (Å²) >= 11 is 6.01. The first-order valence-electron chi connectivity index (χ1n) is 8.01. The molecule has 26 heavy (non-hydrogen) atoms. The van der Waals surface area contributed by atoms with Crippen LogP contribution in [0.15, 0.2) is 54.7 Å². The van der Waals surface area contributed by atoms with E-state index in [0.29, 0.717) is 34.8 Å². The molecule has 132 valence electrons. The number of nitrogens with two attached hydrogens (primary N) is 1. The predicted molar refractivity (Wildman–Crippen MR) is 100 cm³/mol. The molecule has 0 bridgehead atoms. The fraction of sp³-hybridized carbons (Fsp3) is 0.105. The van der Waals surface area contributed by atoms with Gasteiger partial charge in [0.2, 0.25) is 5.91 Å². The lowest BCUT2D eigenvalue weighted by Crippen LogP contribution is -2.26. The van der Waals surface area contributed by atoms with Crippen molar-refractivity contribution in [3.63, 3.8) is 0 Å². The van der Waals surface area contributed by atoms with E-state index in [9.17, 15) is 9.59 Å². The Hall–Kier alpha value is -3.12. The van der Waals surface area contributed by atoms with E-state index in [1.807, 2.05) is 18.2 Å². The van der Waals surface area contributed by atoms with E-state index in [4.69, 9.17) is 17.3 Å². The van der Waals surface area contributed by atoms with E-state index in [1.54, 1.807) is 30.3 Å². The fourth-order valence-electron chi connectivity index (χ4n) is 2.62. The molecule has 0 aliphatic rings. The number of carbonyl (C=O) groups is 2. The lowest BCUT2D eigenvalue weighted by atomic mass is 10.1. The van der Waals surface area contributed by atoms with Gasteiger partial charge in [0.1, 0.15) is 0 Å². The molecule has 3 rings (SSSR count). The highest BCUT2D eigenvalue weighted by Gasteiger charge is 2.15. The highest BCUT2D eigenvalue weighted by Crippen LogP contribution is 2.23. The van der Waals surface area contributed by atoms with Crippen LogP contribution in [0.5, 0.6) is 0 Å². The largest absolute Gasteiger partial charge is 0.366 e. The number of hydrogen-bond donors (Lipinski definition) is 3. The second-order valence-corrected chi connectivity index (χ2v) is 6.18. The van der Waals surface area contributed by atoms with Crippen LogP contribution in [-0.2, 0) is 6.42 Å². The van der Waals surface area contributed by atoms with Crippen LogP contribution in [-0.4, -0.2) is 28.6 Å². The van der Waals surface area contributed by atoms with Gasteiger partial charge in [0, 0.05) is 22.7 Å². The van der Waals surface area contributed by atoms with E-state index in [-0.39, 0.29) is 5.91 Å². The maximum absolute atomic E-state index is 12.5. The molecule has 0 atom stereocenters. The van der Waals surface area contributed by atoms with Gasteiger partial charge in [0.05, 0.1) is 17.5 Å². The van der Waals surface area contributed by atoms with Crippen molar-refractivity contribution < 1.29 is 9.59 Å². The quantitative estimate of drug-likeness (QED) is 0.623. The fourth-order valence-corrected chi connectivity index (χ4v) is 2.81. The summed E-state index contributed by atoms with van der Waals surface area (Å²) in [5.74, 6) is -0.708. The minimum absolute atomic E-state index is 0.236. The first-order valence-corrected chi connectivity index (χ1v) is 8.38. The number of nitrogens with zero attached hydrogens (tertiary/aromatic N) is 1. The van der Waals surface area contributed by atoms with Gasteiger partial charge in [-0.05, 0) is 36.2 Å². The highest BCUT2D eigenvalue weighted by molar-refractivity contribution is 6.30. The molecule has 0 spiro atoms. The van der Waals surface area contributed by atoms with Crippen LogP contribution in [0.4, 0.5) is 0 Å². The summed E-state index contributed by atoms with van der Waals surface area (Å²) in [7, 11) is 0. The zero-order valence-electron chi connectivity index (χ0n) is 13.8. The number of aromatic amines is 1. The third-order valence-electron chi connectivity index (χ3n) is 3.91. The zero-order chi connectivity index (χ0) is 18.5. The number of benzene rings is 2. The smallest absolute Gasteiger partial charge is 0.255 e. The average Bonchev–Trinajstić information content (AvgIpc) is 3.12. The standard InChI is InChI=1S/C19H17ClN4O2/c20-15-6-2-4-13(10-15)17-16(11-23-24-17)19(26)22-8-7-12-3-1-5-14(9-12)18(21)25/h1-6,9-11H,7-8H2,(H2,21,25)(H,22,26)(H,23,24). The number of halogens is 1. The van der Waals surface area contributed by atoms with E-state index in [2.05, 4.69) is 15.5 Å². The molecule has 0 aliphatic carbocycles. The molecule has 0 saturated carbocycles. The van der Waals surface area contributed by atoms with Crippen LogP contribution in [0.3, 0.4) is 0 Å². The van der Waals surface area contributed by atoms with Gasteiger partial charge in [-0.15, -0.1) is 0 Å². The van der Waals surface area contributed by atoms with Crippen molar-refractivity contribution in [1.82, 2.24) is 15.5 Å². The van der Waals surface area contributed by atoms with Crippen molar-refractivity contribution in [3.05, 3.63) is 76.4 Å². The number of carbonyl (C=O) groups excluding carboxylic acids is 2. The van der Waals surface area contributed by atoms with Crippen LogP contribution in [0.1, 0.15) is 26.3 Å². The minimum atomic E-state index is -0.472. The van der Waals surface area contributed by atoms with Crippen molar-refractivity contribution in [2.24, 2.45) is 5.73 Å². The molecular formula is C19H17ClN4O2. The van der Waals surface area contributed by atoms with Crippen molar-refractivity contribution in [2.45, 2.75) is 6.42 Å².